The molecule has 4 aliphatic carbocycles. The van der Waals surface area contributed by atoms with Gasteiger partial charge in [-0.2, -0.15) is 0 Å². The number of pyridine rings is 2. The molecule has 0 radical (unpaired) electrons. The zero-order valence-electron chi connectivity index (χ0n) is 38.7. The van der Waals surface area contributed by atoms with Gasteiger partial charge in [-0.05, 0) is 167 Å². The Morgan fingerprint density at radius 2 is 1.36 bits per heavy atom. The van der Waals surface area contributed by atoms with Gasteiger partial charge in [-0.1, -0.05) is 116 Å². The third-order valence-corrected chi connectivity index (χ3v) is 19.5. The van der Waals surface area contributed by atoms with Crippen LogP contribution in [0.1, 0.15) is 57.7 Å². The lowest BCUT2D eigenvalue weighted by atomic mass is 9.72. The summed E-state index contributed by atoms with van der Waals surface area (Å²) in [6, 6.07) is 30.7. The average molecular weight is 867 g/mol. The summed E-state index contributed by atoms with van der Waals surface area (Å²) in [6.07, 6.45) is 23.0. The van der Waals surface area contributed by atoms with Crippen molar-refractivity contribution < 1.29 is 0 Å². The molecule has 12 rings (SSSR count). The Kier molecular flexibility index (Phi) is 8.90. The topological polar surface area (TPSA) is 34.0 Å². The molecule has 0 bridgehead atoms. The Balaban J connectivity index is 1.08. The second-order valence-electron chi connectivity index (χ2n) is 21.4. The SMILES string of the molecule is Cc1ccnc(N2c3c(cc4c5c3CCc3cc6c7cc(-c8cccc([Si](C)(C)C)c8)ccc7n(-c7cc(C)ccn7)c6c(c3-5)CC4)C3C=C(C4=CCCC([Si](C)(C)C)=C4)C=CC32)c1. The highest BCUT2D eigenvalue weighted by molar-refractivity contribution is 6.88. The molecule has 2 atom stereocenters. The summed E-state index contributed by atoms with van der Waals surface area (Å²) in [7, 11) is -2.87. The average Bonchev–Trinajstić information content (AvgIpc) is 3.79. The monoisotopic (exact) mass is 866 g/mol. The molecule has 5 aliphatic rings. The van der Waals surface area contributed by atoms with Crippen LogP contribution < -0.4 is 10.1 Å². The van der Waals surface area contributed by atoms with E-state index in [1.807, 2.05) is 12.4 Å². The number of allylic oxidation sites excluding steroid dienone is 6. The molecule has 4 aromatic carbocycles. The molecule has 1 aliphatic heterocycles. The Bertz CT molecular complexity index is 3290. The van der Waals surface area contributed by atoms with Crippen molar-refractivity contribution in [1.29, 1.82) is 0 Å². The highest BCUT2D eigenvalue weighted by Gasteiger charge is 2.44. The maximum Gasteiger partial charge on any atom is 0.137 e. The molecular weight excluding hydrogens is 809 g/mol. The zero-order chi connectivity index (χ0) is 43.8. The van der Waals surface area contributed by atoms with Gasteiger partial charge in [0.15, 0.2) is 0 Å². The van der Waals surface area contributed by atoms with E-state index in [2.05, 4.69) is 172 Å². The van der Waals surface area contributed by atoms with Crippen molar-refractivity contribution in [2.75, 3.05) is 4.90 Å². The van der Waals surface area contributed by atoms with Crippen LogP contribution in [0, 0.1) is 13.8 Å². The third kappa shape index (κ3) is 6.19. The molecule has 0 saturated heterocycles. The smallest absolute Gasteiger partial charge is 0.137 e. The van der Waals surface area contributed by atoms with Gasteiger partial charge in [0.1, 0.15) is 11.6 Å². The Morgan fingerprint density at radius 3 is 2.12 bits per heavy atom. The maximum absolute atomic E-state index is 5.11. The van der Waals surface area contributed by atoms with Crippen LogP contribution in [0.3, 0.4) is 0 Å². The molecular formula is C58H58N4Si2. The fourth-order valence-electron chi connectivity index (χ4n) is 11.9. The van der Waals surface area contributed by atoms with Crippen LogP contribution in [0.5, 0.6) is 0 Å². The van der Waals surface area contributed by atoms with Gasteiger partial charge in [-0.15, -0.1) is 0 Å². The van der Waals surface area contributed by atoms with Crippen LogP contribution in [-0.4, -0.2) is 36.7 Å². The number of fused-ring (bicyclic) bond motifs is 8. The molecule has 0 spiro atoms. The van der Waals surface area contributed by atoms with Gasteiger partial charge >= 0.3 is 0 Å². The predicted molar refractivity (Wildman–Crippen MR) is 276 cm³/mol. The third-order valence-electron chi connectivity index (χ3n) is 15.1. The van der Waals surface area contributed by atoms with Crippen LogP contribution in [0.2, 0.25) is 39.3 Å². The van der Waals surface area contributed by atoms with E-state index in [-0.39, 0.29) is 12.0 Å². The van der Waals surface area contributed by atoms with E-state index in [1.165, 1.54) is 111 Å². The summed E-state index contributed by atoms with van der Waals surface area (Å²) in [6.45, 7) is 19.2. The summed E-state index contributed by atoms with van der Waals surface area (Å²) in [5.74, 6) is 2.31. The number of aromatic nitrogens is 3. The van der Waals surface area contributed by atoms with Crippen LogP contribution >= 0.6 is 0 Å². The number of benzene rings is 4. The number of hydrogen-bond acceptors (Lipinski definition) is 3. The maximum atomic E-state index is 5.11. The molecule has 2 unspecified atom stereocenters. The van der Waals surface area contributed by atoms with Gasteiger partial charge in [-0.25, -0.2) is 9.97 Å². The lowest BCUT2D eigenvalue weighted by molar-refractivity contribution is 0.732. The van der Waals surface area contributed by atoms with Crippen molar-refractivity contribution in [1.82, 2.24) is 14.5 Å². The number of nitrogens with zero attached hydrogens (tertiary/aromatic N) is 4. The van der Waals surface area contributed by atoms with Crippen molar-refractivity contribution >= 4 is 54.6 Å². The summed E-state index contributed by atoms with van der Waals surface area (Å²) < 4.78 is 2.50. The summed E-state index contributed by atoms with van der Waals surface area (Å²) in [5.41, 5.74) is 22.2. The molecule has 7 aromatic rings. The van der Waals surface area contributed by atoms with E-state index in [4.69, 9.17) is 9.97 Å². The normalized spacial score (nSPS) is 18.8. The first kappa shape index (κ1) is 39.7. The lowest BCUT2D eigenvalue weighted by Gasteiger charge is -2.34. The van der Waals surface area contributed by atoms with Crippen molar-refractivity contribution in [3.8, 4) is 28.1 Å². The summed E-state index contributed by atoms with van der Waals surface area (Å²) in [4.78, 5) is 12.8. The van der Waals surface area contributed by atoms with Crippen molar-refractivity contribution in [3.05, 3.63) is 177 Å². The Morgan fingerprint density at radius 1 is 0.641 bits per heavy atom. The second kappa shape index (κ2) is 14.3. The molecule has 3 aromatic heterocycles. The first-order chi connectivity index (χ1) is 30.8. The van der Waals surface area contributed by atoms with Crippen LogP contribution in [0.4, 0.5) is 11.5 Å². The zero-order valence-corrected chi connectivity index (χ0v) is 40.7. The molecule has 0 N–H and O–H groups in total. The van der Waals surface area contributed by atoms with Crippen LogP contribution in [0.15, 0.2) is 138 Å². The quantitative estimate of drug-likeness (QED) is 0.156. The number of rotatable bonds is 6. The summed E-state index contributed by atoms with van der Waals surface area (Å²) in [5, 5.41) is 5.85. The Hall–Kier alpha value is -5.83. The van der Waals surface area contributed by atoms with Crippen molar-refractivity contribution in [2.45, 2.75) is 104 Å². The summed E-state index contributed by atoms with van der Waals surface area (Å²) >= 11 is 0. The van der Waals surface area contributed by atoms with E-state index < -0.39 is 16.1 Å². The standard InChI is InChI=1S/C58H58N4Si2/c1-35-23-25-59-53(27-35)61-51-21-17-39(37-11-9-13-43(29-37)63(3,4)5)31-47(51)49-33-41-16-20-46-56-42(15-19-45(55(41)56)57(49)61)34-50-48-32-40(38-12-10-14-44(30-38)64(6,7)8)18-22-52(48)62(58(46)50)54-28-36(2)24-26-60-54/h9,11-13,17-18,21-34,48,52H,10,14-16,19-20H2,1-8H3. The van der Waals surface area contributed by atoms with E-state index in [0.717, 1.165) is 43.7 Å². The highest BCUT2D eigenvalue weighted by atomic mass is 28.3. The van der Waals surface area contributed by atoms with E-state index >= 15 is 0 Å². The minimum Gasteiger partial charge on any atom is -0.318 e. The van der Waals surface area contributed by atoms with Gasteiger partial charge in [-0.3, -0.25) is 4.57 Å². The van der Waals surface area contributed by atoms with Gasteiger partial charge in [0.25, 0.3) is 0 Å². The molecule has 318 valence electrons. The lowest BCUT2D eigenvalue weighted by Crippen LogP contribution is -2.37. The number of aryl methyl sites for hydroxylation is 5. The van der Waals surface area contributed by atoms with Gasteiger partial charge < -0.3 is 4.90 Å². The molecule has 64 heavy (non-hydrogen) atoms. The highest BCUT2D eigenvalue weighted by Crippen LogP contribution is 2.57. The molecule has 4 nitrogen and oxygen atoms in total. The van der Waals surface area contributed by atoms with Crippen LogP contribution in [-0.2, 0) is 25.7 Å². The second-order valence-corrected chi connectivity index (χ2v) is 31.6. The molecule has 0 amide bonds. The fraction of sp³-hybridized carbons (Fsp3) is 0.276. The van der Waals surface area contributed by atoms with E-state index in [0.29, 0.717) is 0 Å². The van der Waals surface area contributed by atoms with Crippen LogP contribution in [0.25, 0.3) is 49.9 Å². The Labute approximate surface area is 380 Å². The predicted octanol–water partition coefficient (Wildman–Crippen LogP) is 13.9. The minimum absolute atomic E-state index is 0.177. The first-order valence-corrected chi connectivity index (χ1v) is 30.7. The fourth-order valence-corrected chi connectivity index (χ4v) is 14.5. The molecule has 4 heterocycles. The van der Waals surface area contributed by atoms with E-state index in [1.54, 1.807) is 5.20 Å². The molecule has 6 heteroatoms. The minimum atomic E-state index is -1.48. The van der Waals surface area contributed by atoms with Gasteiger partial charge in [0, 0.05) is 29.1 Å². The first-order valence-electron chi connectivity index (χ1n) is 23.7. The van der Waals surface area contributed by atoms with Gasteiger partial charge in [0.2, 0.25) is 0 Å². The van der Waals surface area contributed by atoms with Crippen molar-refractivity contribution in [2.24, 2.45) is 0 Å². The number of anilines is 2. The number of hydrogen-bond donors (Lipinski definition) is 0. The molecule has 0 fully saturated rings. The van der Waals surface area contributed by atoms with Crippen molar-refractivity contribution in [3.63, 3.8) is 0 Å². The van der Waals surface area contributed by atoms with E-state index in [9.17, 15) is 0 Å². The largest absolute Gasteiger partial charge is 0.318 e. The van der Waals surface area contributed by atoms with Gasteiger partial charge in [0.05, 0.1) is 38.9 Å². The molecule has 0 saturated carbocycles.